The number of hydrogen-bond acceptors (Lipinski definition) is 3. The van der Waals surface area contributed by atoms with Crippen LogP contribution in [-0.2, 0) is 24.1 Å². The van der Waals surface area contributed by atoms with Crippen molar-refractivity contribution in [2.45, 2.75) is 19.3 Å². The summed E-state index contributed by atoms with van der Waals surface area (Å²) in [5.41, 5.74) is 3.67. The average Bonchev–Trinajstić information content (AvgIpc) is 3.18. The van der Waals surface area contributed by atoms with E-state index in [9.17, 15) is 4.79 Å². The Morgan fingerprint density at radius 2 is 1.96 bits per heavy atom. The summed E-state index contributed by atoms with van der Waals surface area (Å²) in [5.74, 6) is 1.58. The Balaban J connectivity index is 1.60. The molecule has 2 aromatic carbocycles. The van der Waals surface area contributed by atoms with E-state index in [1.54, 1.807) is 18.2 Å². The summed E-state index contributed by atoms with van der Waals surface area (Å²) in [6.07, 6.45) is 1.88. The van der Waals surface area contributed by atoms with Gasteiger partial charge in [0.15, 0.2) is 0 Å². The Bertz CT molecular complexity index is 803. The van der Waals surface area contributed by atoms with Crippen LogP contribution in [0.4, 0.5) is 5.69 Å². The van der Waals surface area contributed by atoms with Gasteiger partial charge in [-0.15, -0.1) is 0 Å². The van der Waals surface area contributed by atoms with E-state index in [1.807, 2.05) is 6.07 Å². The van der Waals surface area contributed by atoms with E-state index in [4.69, 9.17) is 32.7 Å². The van der Waals surface area contributed by atoms with Crippen molar-refractivity contribution in [3.8, 4) is 11.5 Å². The fourth-order valence-corrected chi connectivity index (χ4v) is 3.67. The van der Waals surface area contributed by atoms with Gasteiger partial charge in [0.25, 0.3) is 0 Å². The highest BCUT2D eigenvalue weighted by atomic mass is 35.5. The van der Waals surface area contributed by atoms with Gasteiger partial charge in [-0.3, -0.25) is 4.79 Å². The highest BCUT2D eigenvalue weighted by Gasteiger charge is 2.27. The van der Waals surface area contributed by atoms with Gasteiger partial charge < -0.3 is 14.8 Å². The van der Waals surface area contributed by atoms with Gasteiger partial charge in [-0.2, -0.15) is 0 Å². The number of benzene rings is 2. The predicted octanol–water partition coefficient (Wildman–Crippen LogP) is 4.04. The third kappa shape index (κ3) is 2.80. The number of fused-ring (bicyclic) bond motifs is 2. The van der Waals surface area contributed by atoms with Gasteiger partial charge in [-0.05, 0) is 24.3 Å². The average molecular weight is 364 g/mol. The molecule has 0 fully saturated rings. The molecule has 0 saturated heterocycles. The van der Waals surface area contributed by atoms with Gasteiger partial charge in [0.2, 0.25) is 5.91 Å². The number of anilines is 1. The quantitative estimate of drug-likeness (QED) is 0.894. The zero-order valence-electron chi connectivity index (χ0n) is 12.8. The number of amides is 1. The lowest BCUT2D eigenvalue weighted by atomic mass is 9.97. The molecule has 1 N–H and O–H groups in total. The molecule has 1 amide bonds. The minimum absolute atomic E-state index is 0.141. The molecule has 0 bridgehead atoms. The molecule has 2 aliphatic heterocycles. The predicted molar refractivity (Wildman–Crippen MR) is 93.6 cm³/mol. The molecule has 4 nitrogen and oxygen atoms in total. The largest absolute Gasteiger partial charge is 0.493 e. The van der Waals surface area contributed by atoms with Crippen LogP contribution >= 0.6 is 23.2 Å². The number of rotatable bonds is 3. The SMILES string of the molecule is O=C(Cc1c2c(cc3c1OCC3)OCC2)Nc1ccc(Cl)cc1Cl. The first-order valence-corrected chi connectivity index (χ1v) is 8.55. The molecule has 4 rings (SSSR count). The summed E-state index contributed by atoms with van der Waals surface area (Å²) in [7, 11) is 0. The Morgan fingerprint density at radius 1 is 1.12 bits per heavy atom. The summed E-state index contributed by atoms with van der Waals surface area (Å²) in [5, 5.41) is 3.79. The molecule has 0 aliphatic carbocycles. The van der Waals surface area contributed by atoms with Crippen molar-refractivity contribution in [3.05, 3.63) is 51.0 Å². The van der Waals surface area contributed by atoms with E-state index in [1.165, 1.54) is 0 Å². The number of ether oxygens (including phenoxy) is 2. The summed E-state index contributed by atoms with van der Waals surface area (Å²) < 4.78 is 11.4. The van der Waals surface area contributed by atoms with E-state index in [2.05, 4.69) is 5.32 Å². The first kappa shape index (κ1) is 15.6. The van der Waals surface area contributed by atoms with E-state index in [0.29, 0.717) is 28.9 Å². The molecular weight excluding hydrogens is 349 g/mol. The van der Waals surface area contributed by atoms with E-state index < -0.39 is 0 Å². The monoisotopic (exact) mass is 363 g/mol. The van der Waals surface area contributed by atoms with Crippen molar-refractivity contribution >= 4 is 34.8 Å². The van der Waals surface area contributed by atoms with Crippen molar-refractivity contribution in [3.63, 3.8) is 0 Å². The molecular formula is C18H15Cl2NO3. The molecule has 124 valence electrons. The second-order valence-corrected chi connectivity index (χ2v) is 6.71. The molecule has 0 radical (unpaired) electrons. The Kier molecular flexibility index (Phi) is 4.02. The van der Waals surface area contributed by atoms with Crippen LogP contribution in [0.25, 0.3) is 0 Å². The zero-order chi connectivity index (χ0) is 16.7. The number of nitrogens with one attached hydrogen (secondary N) is 1. The van der Waals surface area contributed by atoms with Gasteiger partial charge in [0, 0.05) is 34.6 Å². The van der Waals surface area contributed by atoms with Crippen LogP contribution in [0.3, 0.4) is 0 Å². The molecule has 0 aromatic heterocycles. The van der Waals surface area contributed by atoms with Crippen molar-refractivity contribution in [2.24, 2.45) is 0 Å². The first-order valence-electron chi connectivity index (χ1n) is 7.80. The molecule has 2 heterocycles. The van der Waals surface area contributed by atoms with Gasteiger partial charge in [-0.1, -0.05) is 23.2 Å². The van der Waals surface area contributed by atoms with Crippen LogP contribution < -0.4 is 14.8 Å². The highest BCUT2D eigenvalue weighted by molar-refractivity contribution is 6.36. The second kappa shape index (κ2) is 6.19. The maximum atomic E-state index is 12.5. The molecule has 0 spiro atoms. The lowest BCUT2D eigenvalue weighted by molar-refractivity contribution is -0.115. The van der Waals surface area contributed by atoms with Gasteiger partial charge >= 0.3 is 0 Å². The Labute approximate surface area is 149 Å². The normalized spacial score (nSPS) is 14.6. The van der Waals surface area contributed by atoms with Crippen molar-refractivity contribution in [1.82, 2.24) is 0 Å². The topological polar surface area (TPSA) is 47.6 Å². The lowest BCUT2D eigenvalue weighted by Crippen LogP contribution is -2.16. The Morgan fingerprint density at radius 3 is 2.79 bits per heavy atom. The molecule has 2 aromatic rings. The second-order valence-electron chi connectivity index (χ2n) is 5.87. The summed E-state index contributed by atoms with van der Waals surface area (Å²) in [6.45, 7) is 1.30. The smallest absolute Gasteiger partial charge is 0.228 e. The first-order chi connectivity index (χ1) is 11.6. The van der Waals surface area contributed by atoms with Crippen LogP contribution in [0.5, 0.6) is 11.5 Å². The van der Waals surface area contributed by atoms with Crippen LogP contribution in [0, 0.1) is 0 Å². The standard InChI is InChI=1S/C18H15Cl2NO3/c19-11-1-2-15(14(20)8-11)21-17(22)9-13-12-4-6-23-16(12)7-10-3-5-24-18(10)13/h1-2,7-8H,3-6,9H2,(H,21,22). The van der Waals surface area contributed by atoms with Crippen LogP contribution in [0.1, 0.15) is 16.7 Å². The fourth-order valence-electron chi connectivity index (χ4n) is 3.22. The highest BCUT2D eigenvalue weighted by Crippen LogP contribution is 2.41. The number of carbonyl (C=O) groups excluding carboxylic acids is 1. The number of halogens is 2. The molecule has 2 aliphatic rings. The molecule has 0 unspecified atom stereocenters. The van der Waals surface area contributed by atoms with Crippen LogP contribution in [0.2, 0.25) is 10.0 Å². The maximum Gasteiger partial charge on any atom is 0.228 e. The lowest BCUT2D eigenvalue weighted by Gasteiger charge is -2.13. The zero-order valence-corrected chi connectivity index (χ0v) is 14.3. The summed E-state index contributed by atoms with van der Waals surface area (Å²) in [4.78, 5) is 12.5. The van der Waals surface area contributed by atoms with Crippen molar-refractivity contribution in [1.29, 1.82) is 0 Å². The minimum atomic E-state index is -0.141. The molecule has 0 atom stereocenters. The van der Waals surface area contributed by atoms with Crippen molar-refractivity contribution < 1.29 is 14.3 Å². The third-order valence-corrected chi connectivity index (χ3v) is 4.85. The maximum absolute atomic E-state index is 12.5. The van der Waals surface area contributed by atoms with E-state index in [0.717, 1.165) is 41.0 Å². The van der Waals surface area contributed by atoms with Crippen molar-refractivity contribution in [2.75, 3.05) is 18.5 Å². The van der Waals surface area contributed by atoms with Crippen LogP contribution in [0.15, 0.2) is 24.3 Å². The van der Waals surface area contributed by atoms with Gasteiger partial charge in [0.05, 0.1) is 30.3 Å². The Hall–Kier alpha value is -1.91. The fraction of sp³-hybridized carbons (Fsp3) is 0.278. The number of carbonyl (C=O) groups is 1. The van der Waals surface area contributed by atoms with Gasteiger partial charge in [-0.25, -0.2) is 0 Å². The van der Waals surface area contributed by atoms with E-state index >= 15 is 0 Å². The molecule has 24 heavy (non-hydrogen) atoms. The molecule has 0 saturated carbocycles. The van der Waals surface area contributed by atoms with Gasteiger partial charge in [0.1, 0.15) is 11.5 Å². The van der Waals surface area contributed by atoms with E-state index in [-0.39, 0.29) is 12.3 Å². The van der Waals surface area contributed by atoms with Crippen LogP contribution in [-0.4, -0.2) is 19.1 Å². The summed E-state index contributed by atoms with van der Waals surface area (Å²) in [6, 6.07) is 7.04. The minimum Gasteiger partial charge on any atom is -0.493 e. The summed E-state index contributed by atoms with van der Waals surface area (Å²) >= 11 is 12.0. The third-order valence-electron chi connectivity index (χ3n) is 4.30. The number of hydrogen-bond donors (Lipinski definition) is 1. The molecule has 6 heteroatoms.